The summed E-state index contributed by atoms with van der Waals surface area (Å²) in [5.74, 6) is 0.417. The molecule has 158 valence electrons. The first-order valence-corrected chi connectivity index (χ1v) is 10.5. The highest BCUT2D eigenvalue weighted by molar-refractivity contribution is 5.94. The van der Waals surface area contributed by atoms with E-state index in [0.717, 1.165) is 36.1 Å². The number of carbonyl (C=O) groups is 1. The number of aryl methyl sites for hydroxylation is 1. The van der Waals surface area contributed by atoms with Gasteiger partial charge in [0.2, 0.25) is 5.56 Å². The molecule has 1 spiro atoms. The van der Waals surface area contributed by atoms with Crippen LogP contribution in [0.3, 0.4) is 0 Å². The molecule has 31 heavy (non-hydrogen) atoms. The van der Waals surface area contributed by atoms with Gasteiger partial charge < -0.3 is 14.5 Å². The number of likely N-dealkylation sites (tertiary alicyclic amines) is 1. The van der Waals surface area contributed by atoms with Gasteiger partial charge in [-0.2, -0.15) is 0 Å². The van der Waals surface area contributed by atoms with Crippen molar-refractivity contribution in [3.8, 4) is 11.4 Å². The Morgan fingerprint density at radius 1 is 1.19 bits per heavy atom. The molecule has 1 aliphatic heterocycles. The number of nitrogens with one attached hydrogen (secondary N) is 1. The summed E-state index contributed by atoms with van der Waals surface area (Å²) in [6.07, 6.45) is 8.13. The zero-order chi connectivity index (χ0) is 21.6. The van der Waals surface area contributed by atoms with Crippen molar-refractivity contribution in [1.82, 2.24) is 24.4 Å². The van der Waals surface area contributed by atoms with Gasteiger partial charge in [0.25, 0.3) is 11.5 Å². The third kappa shape index (κ3) is 3.28. The summed E-state index contributed by atoms with van der Waals surface area (Å²) in [6.45, 7) is 1.17. The summed E-state index contributed by atoms with van der Waals surface area (Å²) in [6, 6.07) is 6.68. The lowest BCUT2D eigenvalue weighted by atomic mass is 9.77. The third-order valence-corrected chi connectivity index (χ3v) is 6.50. The Bertz CT molecular complexity index is 1280. The van der Waals surface area contributed by atoms with Gasteiger partial charge in [0, 0.05) is 61.3 Å². The number of piperidine rings is 1. The monoisotopic (exact) mass is 417 g/mol. The van der Waals surface area contributed by atoms with E-state index in [1.807, 2.05) is 17.0 Å². The maximum absolute atomic E-state index is 13.2. The summed E-state index contributed by atoms with van der Waals surface area (Å²) in [4.78, 5) is 51.4. The lowest BCUT2D eigenvalue weighted by Gasteiger charge is -2.40. The van der Waals surface area contributed by atoms with Crippen LogP contribution in [-0.4, -0.2) is 43.4 Å². The molecule has 8 nitrogen and oxygen atoms in total. The minimum atomic E-state index is -0.324. The van der Waals surface area contributed by atoms with Gasteiger partial charge in [-0.15, -0.1) is 0 Å². The average molecular weight is 417 g/mol. The van der Waals surface area contributed by atoms with E-state index in [2.05, 4.69) is 9.97 Å². The molecule has 4 heterocycles. The van der Waals surface area contributed by atoms with Crippen LogP contribution in [0.15, 0.2) is 52.4 Å². The molecule has 1 saturated heterocycles. The summed E-state index contributed by atoms with van der Waals surface area (Å²) in [7, 11) is 1.64. The quantitative estimate of drug-likeness (QED) is 0.683. The lowest BCUT2D eigenvalue weighted by molar-refractivity contribution is 0.0632. The van der Waals surface area contributed by atoms with Crippen LogP contribution in [0.25, 0.3) is 11.4 Å². The number of aromatic amines is 1. The molecule has 2 aliphatic rings. The molecule has 1 unspecified atom stereocenters. The Labute approximate surface area is 178 Å². The molecule has 1 fully saturated rings. The van der Waals surface area contributed by atoms with Crippen molar-refractivity contribution in [3.63, 3.8) is 0 Å². The van der Waals surface area contributed by atoms with Crippen molar-refractivity contribution >= 4 is 5.91 Å². The van der Waals surface area contributed by atoms with Crippen molar-refractivity contribution in [1.29, 1.82) is 0 Å². The molecule has 5 rings (SSSR count). The van der Waals surface area contributed by atoms with E-state index in [0.29, 0.717) is 30.9 Å². The molecule has 0 aromatic carbocycles. The first-order chi connectivity index (χ1) is 15.0. The van der Waals surface area contributed by atoms with E-state index < -0.39 is 0 Å². The maximum Gasteiger partial charge on any atom is 0.255 e. The third-order valence-electron chi connectivity index (χ3n) is 6.50. The molecule has 1 atom stereocenters. The van der Waals surface area contributed by atoms with Crippen LogP contribution in [0.1, 0.15) is 40.9 Å². The van der Waals surface area contributed by atoms with Gasteiger partial charge in [-0.25, -0.2) is 4.98 Å². The number of aromatic nitrogens is 4. The predicted octanol–water partition coefficient (Wildman–Crippen LogP) is 1.65. The Morgan fingerprint density at radius 3 is 2.84 bits per heavy atom. The number of rotatable bonds is 2. The fourth-order valence-corrected chi connectivity index (χ4v) is 4.90. The van der Waals surface area contributed by atoms with Crippen LogP contribution in [0.5, 0.6) is 0 Å². The molecule has 0 saturated carbocycles. The largest absolute Gasteiger partial charge is 0.338 e. The van der Waals surface area contributed by atoms with Gasteiger partial charge in [-0.3, -0.25) is 19.4 Å². The fourth-order valence-electron chi connectivity index (χ4n) is 4.90. The van der Waals surface area contributed by atoms with E-state index in [1.54, 1.807) is 31.7 Å². The van der Waals surface area contributed by atoms with Crippen LogP contribution >= 0.6 is 0 Å². The number of hydrogen-bond donors (Lipinski definition) is 1. The summed E-state index contributed by atoms with van der Waals surface area (Å²) in [5.41, 5.74) is 2.21. The standard InChI is InChI=1S/C23H23N5O3/c1-27-13-16(5-6-18(27)29)22(31)28-11-3-8-23(14-28)9-7-17-19(23)25-20(26-21(17)30)15-4-2-10-24-12-15/h2,4-6,10,12-13H,3,7-9,11,14H2,1H3,(H,25,26,30). The predicted molar refractivity (Wildman–Crippen MR) is 115 cm³/mol. The van der Waals surface area contributed by atoms with Crippen molar-refractivity contribution in [2.45, 2.75) is 31.1 Å². The van der Waals surface area contributed by atoms with E-state index >= 15 is 0 Å². The minimum Gasteiger partial charge on any atom is -0.338 e. The van der Waals surface area contributed by atoms with Crippen molar-refractivity contribution in [3.05, 3.63) is 80.4 Å². The molecular weight excluding hydrogens is 394 g/mol. The smallest absolute Gasteiger partial charge is 0.255 e. The molecule has 3 aromatic heterocycles. The SMILES string of the molecule is Cn1cc(C(=O)N2CCCC3(CCc4c3nc(-c3cccnc3)[nH]c4=O)C2)ccc1=O. The highest BCUT2D eigenvalue weighted by Gasteiger charge is 2.45. The van der Waals surface area contributed by atoms with E-state index in [-0.39, 0.29) is 22.4 Å². The number of amides is 1. The van der Waals surface area contributed by atoms with Crippen LogP contribution < -0.4 is 11.1 Å². The van der Waals surface area contributed by atoms with Crippen LogP contribution in [0, 0.1) is 0 Å². The topological polar surface area (TPSA) is 101 Å². The lowest BCUT2D eigenvalue weighted by Crippen LogP contribution is -2.48. The Hall–Kier alpha value is -3.55. The Morgan fingerprint density at radius 2 is 2.06 bits per heavy atom. The molecule has 3 aromatic rings. The fraction of sp³-hybridized carbons (Fsp3) is 0.348. The Kier molecular flexibility index (Phi) is 4.57. The van der Waals surface area contributed by atoms with Gasteiger partial charge in [-0.05, 0) is 43.9 Å². The molecular formula is C23H23N5O3. The van der Waals surface area contributed by atoms with E-state index in [9.17, 15) is 14.4 Å². The van der Waals surface area contributed by atoms with E-state index in [1.165, 1.54) is 10.6 Å². The second-order valence-electron chi connectivity index (χ2n) is 8.46. The zero-order valence-corrected chi connectivity index (χ0v) is 17.3. The second kappa shape index (κ2) is 7.30. The summed E-state index contributed by atoms with van der Waals surface area (Å²) in [5, 5.41) is 0. The number of H-pyrrole nitrogens is 1. The van der Waals surface area contributed by atoms with Crippen LogP contribution in [-0.2, 0) is 18.9 Å². The van der Waals surface area contributed by atoms with Crippen molar-refractivity contribution in [2.75, 3.05) is 13.1 Å². The number of hydrogen-bond acceptors (Lipinski definition) is 5. The van der Waals surface area contributed by atoms with Crippen molar-refractivity contribution in [2.24, 2.45) is 7.05 Å². The normalized spacial score (nSPS) is 20.1. The van der Waals surface area contributed by atoms with Gasteiger partial charge in [0.05, 0.1) is 11.3 Å². The second-order valence-corrected chi connectivity index (χ2v) is 8.46. The molecule has 1 aliphatic carbocycles. The summed E-state index contributed by atoms with van der Waals surface area (Å²) >= 11 is 0. The minimum absolute atomic E-state index is 0.0968. The number of carbonyl (C=O) groups excluding carboxylic acids is 1. The molecule has 1 amide bonds. The first-order valence-electron chi connectivity index (χ1n) is 10.5. The number of pyridine rings is 2. The summed E-state index contributed by atoms with van der Waals surface area (Å²) < 4.78 is 1.42. The first kappa shape index (κ1) is 19.4. The van der Waals surface area contributed by atoms with Crippen LogP contribution in [0.2, 0.25) is 0 Å². The number of fused-ring (bicyclic) bond motifs is 2. The van der Waals surface area contributed by atoms with Gasteiger partial charge in [0.15, 0.2) is 0 Å². The van der Waals surface area contributed by atoms with Crippen LogP contribution in [0.4, 0.5) is 0 Å². The molecule has 1 N–H and O–H groups in total. The highest BCUT2D eigenvalue weighted by Crippen LogP contribution is 2.43. The van der Waals surface area contributed by atoms with Crippen molar-refractivity contribution < 1.29 is 4.79 Å². The van der Waals surface area contributed by atoms with Gasteiger partial charge >= 0.3 is 0 Å². The Balaban J connectivity index is 1.51. The zero-order valence-electron chi connectivity index (χ0n) is 17.3. The molecule has 8 heteroatoms. The van der Waals surface area contributed by atoms with Gasteiger partial charge in [-0.1, -0.05) is 0 Å². The highest BCUT2D eigenvalue weighted by atomic mass is 16.2. The molecule has 0 radical (unpaired) electrons. The average Bonchev–Trinajstić information content (AvgIpc) is 3.14. The molecule has 0 bridgehead atoms. The van der Waals surface area contributed by atoms with E-state index in [4.69, 9.17) is 4.98 Å². The van der Waals surface area contributed by atoms with Gasteiger partial charge in [0.1, 0.15) is 5.82 Å². The number of nitrogens with zero attached hydrogens (tertiary/aromatic N) is 4. The maximum atomic E-state index is 13.2.